The number of rotatable bonds is 2. The van der Waals surface area contributed by atoms with Crippen molar-refractivity contribution in [2.24, 2.45) is 0 Å². The van der Waals surface area contributed by atoms with Gasteiger partial charge in [0, 0.05) is 0 Å². The Morgan fingerprint density at radius 2 is 2.00 bits per heavy atom. The van der Waals surface area contributed by atoms with Gasteiger partial charge in [-0.25, -0.2) is 0 Å². The summed E-state index contributed by atoms with van der Waals surface area (Å²) in [5.74, 6) is 2.74. The molecule has 1 heterocycles. The lowest BCUT2D eigenvalue weighted by Crippen LogP contribution is -2.05. The molecule has 0 atom stereocenters. The molecule has 11 heavy (non-hydrogen) atoms. The zero-order valence-corrected chi connectivity index (χ0v) is 8.93. The van der Waals surface area contributed by atoms with Crippen LogP contribution in [0.5, 0.6) is 0 Å². The molecule has 0 aromatic rings. The third kappa shape index (κ3) is 4.12. The highest BCUT2D eigenvalue weighted by Crippen LogP contribution is 2.33. The van der Waals surface area contributed by atoms with Crippen LogP contribution in [0, 0.1) is 0 Å². The van der Waals surface area contributed by atoms with Gasteiger partial charge in [0.15, 0.2) is 0 Å². The molecule has 1 saturated heterocycles. The molecule has 1 rings (SSSR count). The van der Waals surface area contributed by atoms with Gasteiger partial charge in [-0.15, -0.1) is 23.5 Å². The third-order valence-electron chi connectivity index (χ3n) is 1.61. The molecule has 0 aromatic heterocycles. The lowest BCUT2D eigenvalue weighted by atomic mass is 10.3. The molecule has 0 N–H and O–H groups in total. The first-order valence-corrected chi connectivity index (χ1v) is 6.25. The molecule has 1 fully saturated rings. The Morgan fingerprint density at radius 3 is 2.55 bits per heavy atom. The Bertz CT molecular complexity index is 130. The summed E-state index contributed by atoms with van der Waals surface area (Å²) in [6.45, 7) is 4.36. The van der Waals surface area contributed by atoms with Crippen molar-refractivity contribution in [2.45, 2.75) is 31.3 Å². The van der Waals surface area contributed by atoms with Crippen molar-refractivity contribution in [3.8, 4) is 0 Å². The molecule has 0 amide bonds. The van der Waals surface area contributed by atoms with Crippen molar-refractivity contribution in [1.82, 2.24) is 0 Å². The molecule has 0 aromatic carbocycles. The first-order chi connectivity index (χ1) is 5.29. The Morgan fingerprint density at radius 1 is 1.36 bits per heavy atom. The summed E-state index contributed by atoms with van der Waals surface area (Å²) < 4.78 is 0.846. The quantitative estimate of drug-likeness (QED) is 0.608. The molecular formula is C9H16S2. The zero-order valence-electron chi connectivity index (χ0n) is 7.30. The summed E-state index contributed by atoms with van der Waals surface area (Å²) >= 11 is 4.25. The van der Waals surface area contributed by atoms with E-state index in [4.69, 9.17) is 0 Å². The van der Waals surface area contributed by atoms with E-state index < -0.39 is 0 Å². The molecule has 0 aliphatic carbocycles. The van der Waals surface area contributed by atoms with Gasteiger partial charge in [0.2, 0.25) is 0 Å². The molecular weight excluding hydrogens is 172 g/mol. The summed E-state index contributed by atoms with van der Waals surface area (Å²) in [7, 11) is 0. The summed E-state index contributed by atoms with van der Waals surface area (Å²) in [6, 6.07) is 0. The summed E-state index contributed by atoms with van der Waals surface area (Å²) in [5, 5.41) is 0. The maximum atomic E-state index is 2.36. The van der Waals surface area contributed by atoms with Crippen molar-refractivity contribution in [1.29, 1.82) is 0 Å². The second-order valence-electron chi connectivity index (χ2n) is 3.04. The SMILES string of the molecule is CC(C)=CCC1SCCCS1. The van der Waals surface area contributed by atoms with E-state index in [1.807, 2.05) is 0 Å². The molecule has 1 aliphatic rings. The van der Waals surface area contributed by atoms with Gasteiger partial charge >= 0.3 is 0 Å². The van der Waals surface area contributed by atoms with Crippen LogP contribution in [0.15, 0.2) is 11.6 Å². The first kappa shape index (κ1) is 9.53. The van der Waals surface area contributed by atoms with Crippen molar-refractivity contribution in [3.05, 3.63) is 11.6 Å². The first-order valence-electron chi connectivity index (χ1n) is 4.15. The van der Waals surface area contributed by atoms with Crippen LogP contribution < -0.4 is 0 Å². The van der Waals surface area contributed by atoms with E-state index in [1.165, 1.54) is 29.9 Å². The summed E-state index contributed by atoms with van der Waals surface area (Å²) in [6.07, 6.45) is 5.02. The zero-order chi connectivity index (χ0) is 8.10. The van der Waals surface area contributed by atoms with Crippen molar-refractivity contribution in [3.63, 3.8) is 0 Å². The Hall–Kier alpha value is 0.440. The van der Waals surface area contributed by atoms with Crippen LogP contribution in [0.4, 0.5) is 0 Å². The maximum Gasteiger partial charge on any atom is 0.0536 e. The standard InChI is InChI=1S/C9H16S2/c1-8(2)4-5-9-10-6-3-7-11-9/h4,9H,3,5-7H2,1-2H3. The number of hydrogen-bond acceptors (Lipinski definition) is 2. The van der Waals surface area contributed by atoms with Gasteiger partial charge < -0.3 is 0 Å². The second-order valence-corrected chi connectivity index (χ2v) is 5.96. The van der Waals surface area contributed by atoms with E-state index in [2.05, 4.69) is 43.4 Å². The fraction of sp³-hybridized carbons (Fsp3) is 0.778. The van der Waals surface area contributed by atoms with E-state index in [0.717, 1.165) is 4.58 Å². The van der Waals surface area contributed by atoms with Crippen LogP contribution in [0.2, 0.25) is 0 Å². The van der Waals surface area contributed by atoms with E-state index >= 15 is 0 Å². The second kappa shape index (κ2) is 5.15. The monoisotopic (exact) mass is 188 g/mol. The summed E-state index contributed by atoms with van der Waals surface area (Å²) in [5.41, 5.74) is 1.46. The van der Waals surface area contributed by atoms with Crippen LogP contribution in [-0.2, 0) is 0 Å². The lowest BCUT2D eigenvalue weighted by molar-refractivity contribution is 1.06. The molecule has 1 aliphatic heterocycles. The largest absolute Gasteiger partial charge is 0.147 e. The van der Waals surface area contributed by atoms with Gasteiger partial charge in [-0.05, 0) is 38.2 Å². The van der Waals surface area contributed by atoms with Crippen LogP contribution >= 0.6 is 23.5 Å². The highest BCUT2D eigenvalue weighted by atomic mass is 32.2. The van der Waals surface area contributed by atoms with Gasteiger partial charge in [0.25, 0.3) is 0 Å². The minimum atomic E-state index is 0.846. The van der Waals surface area contributed by atoms with Gasteiger partial charge in [0.1, 0.15) is 0 Å². The van der Waals surface area contributed by atoms with Gasteiger partial charge in [-0.2, -0.15) is 0 Å². The van der Waals surface area contributed by atoms with Crippen LogP contribution in [0.25, 0.3) is 0 Å². The van der Waals surface area contributed by atoms with Crippen molar-refractivity contribution in [2.75, 3.05) is 11.5 Å². The molecule has 0 radical (unpaired) electrons. The van der Waals surface area contributed by atoms with Gasteiger partial charge in [-0.1, -0.05) is 11.6 Å². The van der Waals surface area contributed by atoms with Gasteiger partial charge in [0.05, 0.1) is 4.58 Å². The Balaban J connectivity index is 2.19. The lowest BCUT2D eigenvalue weighted by Gasteiger charge is -2.19. The number of hydrogen-bond donors (Lipinski definition) is 0. The van der Waals surface area contributed by atoms with Crippen LogP contribution in [-0.4, -0.2) is 16.1 Å². The third-order valence-corrected chi connectivity index (χ3v) is 4.61. The topological polar surface area (TPSA) is 0 Å². The average Bonchev–Trinajstić information content (AvgIpc) is 2.03. The van der Waals surface area contributed by atoms with E-state index in [-0.39, 0.29) is 0 Å². The molecule has 0 saturated carbocycles. The maximum absolute atomic E-state index is 2.36. The van der Waals surface area contributed by atoms with Gasteiger partial charge in [-0.3, -0.25) is 0 Å². The van der Waals surface area contributed by atoms with Crippen LogP contribution in [0.1, 0.15) is 26.7 Å². The molecule has 0 unspecified atom stereocenters. The average molecular weight is 188 g/mol. The molecule has 0 nitrogen and oxygen atoms in total. The van der Waals surface area contributed by atoms with Crippen LogP contribution in [0.3, 0.4) is 0 Å². The predicted molar refractivity (Wildman–Crippen MR) is 57.4 cm³/mol. The molecule has 2 heteroatoms. The van der Waals surface area contributed by atoms with E-state index in [9.17, 15) is 0 Å². The van der Waals surface area contributed by atoms with Crippen molar-refractivity contribution < 1.29 is 0 Å². The minimum absolute atomic E-state index is 0.846. The smallest absolute Gasteiger partial charge is 0.0536 e. The fourth-order valence-electron chi connectivity index (χ4n) is 1.00. The summed E-state index contributed by atoms with van der Waals surface area (Å²) in [4.78, 5) is 0. The Labute approximate surface area is 78.2 Å². The van der Waals surface area contributed by atoms with E-state index in [1.54, 1.807) is 0 Å². The normalized spacial score (nSPS) is 19.8. The predicted octanol–water partition coefficient (Wildman–Crippen LogP) is 3.54. The molecule has 0 spiro atoms. The minimum Gasteiger partial charge on any atom is -0.147 e. The highest BCUT2D eigenvalue weighted by molar-refractivity contribution is 8.17. The number of thioether (sulfide) groups is 2. The highest BCUT2D eigenvalue weighted by Gasteiger charge is 2.11. The molecule has 0 bridgehead atoms. The fourth-order valence-corrected chi connectivity index (χ4v) is 3.76. The molecule has 64 valence electrons. The number of allylic oxidation sites excluding steroid dienone is 2. The Kier molecular flexibility index (Phi) is 4.46. The van der Waals surface area contributed by atoms with E-state index in [0.29, 0.717) is 0 Å². The van der Waals surface area contributed by atoms with Crippen molar-refractivity contribution >= 4 is 23.5 Å².